The molecule has 122 valence electrons. The molecule has 0 bridgehead atoms. The molecule has 0 saturated heterocycles. The van der Waals surface area contributed by atoms with Crippen LogP contribution < -0.4 is 0 Å². The van der Waals surface area contributed by atoms with Gasteiger partial charge >= 0.3 is 0 Å². The van der Waals surface area contributed by atoms with Crippen molar-refractivity contribution in [3.63, 3.8) is 0 Å². The van der Waals surface area contributed by atoms with Crippen LogP contribution in [0.3, 0.4) is 0 Å². The molecule has 0 amide bonds. The zero-order valence-electron chi connectivity index (χ0n) is 13.3. The van der Waals surface area contributed by atoms with Gasteiger partial charge in [0.05, 0.1) is 17.7 Å². The first kappa shape index (κ1) is 16.4. The van der Waals surface area contributed by atoms with E-state index in [9.17, 15) is 4.39 Å². The van der Waals surface area contributed by atoms with Crippen LogP contribution in [-0.2, 0) is 4.74 Å². The van der Waals surface area contributed by atoms with Crippen molar-refractivity contribution in [2.75, 3.05) is 13.7 Å². The Hall–Kier alpha value is -2.42. The van der Waals surface area contributed by atoms with Gasteiger partial charge in [-0.3, -0.25) is 0 Å². The minimum Gasteiger partial charge on any atom is -0.383 e. The van der Waals surface area contributed by atoms with Crippen molar-refractivity contribution >= 4 is 22.6 Å². The molecule has 1 aromatic carbocycles. The van der Waals surface area contributed by atoms with E-state index in [4.69, 9.17) is 21.6 Å². The Labute approximate surface area is 144 Å². The van der Waals surface area contributed by atoms with E-state index in [0.29, 0.717) is 23.5 Å². The maximum atomic E-state index is 13.9. The summed E-state index contributed by atoms with van der Waals surface area (Å²) >= 11 is 5.78. The Morgan fingerprint density at radius 2 is 2.17 bits per heavy atom. The molecule has 0 fully saturated rings. The number of ether oxygens (including phenoxy) is 1. The number of nitriles is 1. The van der Waals surface area contributed by atoms with Crippen LogP contribution in [0, 0.1) is 17.1 Å². The number of aromatic nitrogens is 2. The molecule has 0 radical (unpaired) electrons. The number of methoxy groups -OCH3 is 1. The van der Waals surface area contributed by atoms with Gasteiger partial charge in [-0.1, -0.05) is 17.7 Å². The number of benzene rings is 1. The molecule has 0 spiro atoms. The van der Waals surface area contributed by atoms with E-state index in [2.05, 4.69) is 4.98 Å². The summed E-state index contributed by atoms with van der Waals surface area (Å²) in [5.74, 6) is -0.471. The maximum absolute atomic E-state index is 13.9. The smallest absolute Gasteiger partial charge is 0.142 e. The lowest BCUT2D eigenvalue weighted by Crippen LogP contribution is -2.10. The van der Waals surface area contributed by atoms with E-state index < -0.39 is 5.82 Å². The van der Waals surface area contributed by atoms with Crippen molar-refractivity contribution in [2.24, 2.45) is 0 Å². The summed E-state index contributed by atoms with van der Waals surface area (Å²) in [5, 5.41) is 10.0. The molecule has 3 aromatic rings. The molecule has 0 aliphatic rings. The van der Waals surface area contributed by atoms with Crippen LogP contribution in [-0.4, -0.2) is 23.3 Å². The van der Waals surface area contributed by atoms with Gasteiger partial charge in [0.2, 0.25) is 0 Å². The number of hydrogen-bond donors (Lipinski definition) is 0. The first-order chi connectivity index (χ1) is 11.5. The largest absolute Gasteiger partial charge is 0.383 e. The van der Waals surface area contributed by atoms with E-state index in [-0.39, 0.29) is 11.1 Å². The van der Waals surface area contributed by atoms with Gasteiger partial charge in [0.25, 0.3) is 0 Å². The highest BCUT2D eigenvalue weighted by Gasteiger charge is 2.17. The second-order valence-corrected chi connectivity index (χ2v) is 5.97. The fourth-order valence-electron chi connectivity index (χ4n) is 2.74. The lowest BCUT2D eigenvalue weighted by molar-refractivity contribution is 0.164. The second kappa shape index (κ2) is 6.60. The van der Waals surface area contributed by atoms with Gasteiger partial charge in [0.15, 0.2) is 0 Å². The maximum Gasteiger partial charge on any atom is 0.142 e. The van der Waals surface area contributed by atoms with E-state index in [1.54, 1.807) is 19.2 Å². The third-order valence-electron chi connectivity index (χ3n) is 3.91. The first-order valence-electron chi connectivity index (χ1n) is 7.41. The van der Waals surface area contributed by atoms with Crippen LogP contribution in [0.25, 0.3) is 22.2 Å². The highest BCUT2D eigenvalue weighted by Crippen LogP contribution is 2.33. The number of halogens is 2. The molecule has 0 unspecified atom stereocenters. The Kier molecular flexibility index (Phi) is 4.52. The fraction of sp³-hybridized carbons (Fsp3) is 0.222. The number of pyridine rings is 1. The van der Waals surface area contributed by atoms with Crippen LogP contribution in [0.4, 0.5) is 4.39 Å². The topological polar surface area (TPSA) is 50.8 Å². The first-order valence-corrected chi connectivity index (χ1v) is 7.79. The summed E-state index contributed by atoms with van der Waals surface area (Å²) in [6, 6.07) is 10.3. The number of rotatable bonds is 4. The molecule has 0 saturated carbocycles. The van der Waals surface area contributed by atoms with Crippen molar-refractivity contribution in [2.45, 2.75) is 13.0 Å². The van der Waals surface area contributed by atoms with Gasteiger partial charge in [0, 0.05) is 24.3 Å². The average molecular weight is 344 g/mol. The van der Waals surface area contributed by atoms with Crippen molar-refractivity contribution in [1.82, 2.24) is 9.55 Å². The van der Waals surface area contributed by atoms with Crippen LogP contribution in [0.1, 0.15) is 18.7 Å². The SMILES string of the molecule is COC[C@H](C)n1cc(-c2ccc(Cl)c(F)c2)c2ccc(C#N)nc21. The molecular weight excluding hydrogens is 329 g/mol. The summed E-state index contributed by atoms with van der Waals surface area (Å²) < 4.78 is 21.0. The van der Waals surface area contributed by atoms with E-state index in [1.165, 1.54) is 12.1 Å². The van der Waals surface area contributed by atoms with Gasteiger partial charge in [-0.2, -0.15) is 5.26 Å². The molecule has 0 aliphatic carbocycles. The molecule has 0 aliphatic heterocycles. The molecule has 2 aromatic heterocycles. The van der Waals surface area contributed by atoms with Crippen LogP contribution >= 0.6 is 11.6 Å². The number of hydrogen-bond acceptors (Lipinski definition) is 3. The normalized spacial score (nSPS) is 12.3. The molecule has 0 N–H and O–H groups in total. The Morgan fingerprint density at radius 3 is 2.83 bits per heavy atom. The Balaban J connectivity index is 2.24. The lowest BCUT2D eigenvalue weighted by atomic mass is 10.1. The molecule has 4 nitrogen and oxygen atoms in total. The lowest BCUT2D eigenvalue weighted by Gasteiger charge is -2.13. The zero-order valence-corrected chi connectivity index (χ0v) is 14.0. The molecule has 6 heteroatoms. The van der Waals surface area contributed by atoms with Gasteiger partial charge in [0.1, 0.15) is 23.2 Å². The average Bonchev–Trinajstić information content (AvgIpc) is 2.96. The standard InChI is InChI=1S/C18H15ClFN3O/c1-11(10-24-2)23-9-15(12-3-6-16(19)17(20)7-12)14-5-4-13(8-21)22-18(14)23/h3-7,9,11H,10H2,1-2H3/t11-/m0/s1. The van der Waals surface area contributed by atoms with Gasteiger partial charge in [-0.25, -0.2) is 9.37 Å². The highest BCUT2D eigenvalue weighted by atomic mass is 35.5. The van der Waals surface area contributed by atoms with E-state index >= 15 is 0 Å². The van der Waals surface area contributed by atoms with Crippen molar-refractivity contribution < 1.29 is 9.13 Å². The summed E-state index contributed by atoms with van der Waals surface area (Å²) in [6.07, 6.45) is 1.91. The summed E-state index contributed by atoms with van der Waals surface area (Å²) in [7, 11) is 1.63. The highest BCUT2D eigenvalue weighted by molar-refractivity contribution is 6.30. The summed E-state index contributed by atoms with van der Waals surface area (Å²) in [4.78, 5) is 4.41. The minimum absolute atomic E-state index is 0.0184. The molecule has 3 rings (SSSR count). The van der Waals surface area contributed by atoms with Crippen molar-refractivity contribution in [3.8, 4) is 17.2 Å². The third kappa shape index (κ3) is 2.86. The fourth-order valence-corrected chi connectivity index (χ4v) is 2.86. The van der Waals surface area contributed by atoms with Gasteiger partial charge < -0.3 is 9.30 Å². The quantitative estimate of drug-likeness (QED) is 0.697. The molecule has 2 heterocycles. The third-order valence-corrected chi connectivity index (χ3v) is 4.21. The zero-order chi connectivity index (χ0) is 17.3. The number of nitrogens with zero attached hydrogens (tertiary/aromatic N) is 3. The van der Waals surface area contributed by atoms with Gasteiger partial charge in [-0.15, -0.1) is 0 Å². The second-order valence-electron chi connectivity index (χ2n) is 5.56. The molecular formula is C18H15ClFN3O. The number of fused-ring (bicyclic) bond motifs is 1. The van der Waals surface area contributed by atoms with Crippen LogP contribution in [0.5, 0.6) is 0 Å². The summed E-state index contributed by atoms with van der Waals surface area (Å²) in [6.45, 7) is 2.49. The van der Waals surface area contributed by atoms with Crippen molar-refractivity contribution in [3.05, 3.63) is 53.1 Å². The monoisotopic (exact) mass is 343 g/mol. The van der Waals surface area contributed by atoms with Crippen LogP contribution in [0.15, 0.2) is 36.5 Å². The predicted molar refractivity (Wildman–Crippen MR) is 91.4 cm³/mol. The molecule has 1 atom stereocenters. The van der Waals surface area contributed by atoms with Gasteiger partial charge in [-0.05, 0) is 36.8 Å². The van der Waals surface area contributed by atoms with E-state index in [1.807, 2.05) is 29.8 Å². The van der Waals surface area contributed by atoms with Crippen molar-refractivity contribution in [1.29, 1.82) is 5.26 Å². The molecule has 24 heavy (non-hydrogen) atoms. The van der Waals surface area contributed by atoms with E-state index in [0.717, 1.165) is 10.9 Å². The predicted octanol–water partition coefficient (Wildman–Crippen LogP) is 4.57. The minimum atomic E-state index is -0.471. The Bertz CT molecular complexity index is 945. The Morgan fingerprint density at radius 1 is 1.38 bits per heavy atom. The van der Waals surface area contributed by atoms with Crippen LogP contribution in [0.2, 0.25) is 5.02 Å². The summed E-state index contributed by atoms with van der Waals surface area (Å²) in [5.41, 5.74) is 2.54.